The fourth-order valence-electron chi connectivity index (χ4n) is 10.3. The summed E-state index contributed by atoms with van der Waals surface area (Å²) in [6, 6.07) is 0. The third-order valence-electron chi connectivity index (χ3n) is 12.5. The molecule has 5 heteroatoms. The predicted molar refractivity (Wildman–Crippen MR) is 136 cm³/mol. The lowest BCUT2D eigenvalue weighted by molar-refractivity contribution is -0.247. The molecular weight excluding hydrogens is 440 g/mol. The number of aliphatic hydroxyl groups excluding tert-OH is 3. The minimum Gasteiger partial charge on any atom is -0.390 e. The smallest absolute Gasteiger partial charge is 0.158 e. The Balaban J connectivity index is 1.46. The van der Waals surface area contributed by atoms with Crippen molar-refractivity contribution in [3.05, 3.63) is 11.1 Å². The Morgan fingerprint density at radius 2 is 1.54 bits per heavy atom. The van der Waals surface area contributed by atoms with Gasteiger partial charge in [-0.3, -0.25) is 0 Å². The van der Waals surface area contributed by atoms with Gasteiger partial charge in [-0.25, -0.2) is 0 Å². The topological polar surface area (TPSA) is 90.2 Å². The first-order chi connectivity index (χ1) is 16.1. The van der Waals surface area contributed by atoms with E-state index in [1.807, 2.05) is 0 Å². The van der Waals surface area contributed by atoms with Crippen LogP contribution >= 0.6 is 0 Å². The van der Waals surface area contributed by atoms with Crippen molar-refractivity contribution in [3.63, 3.8) is 0 Å². The highest BCUT2D eigenvalue weighted by atomic mass is 16.6. The van der Waals surface area contributed by atoms with Crippen LogP contribution < -0.4 is 0 Å². The van der Waals surface area contributed by atoms with E-state index in [4.69, 9.17) is 4.74 Å². The molecule has 0 aromatic rings. The molecule has 0 radical (unpaired) electrons. The number of hydrogen-bond donors (Lipinski definition) is 4. The normalized spacial score (nSPS) is 52.0. The number of fused-ring (bicyclic) bond motifs is 4. The molecule has 5 nitrogen and oxygen atoms in total. The molecule has 1 aliphatic heterocycles. The molecule has 200 valence electrons. The lowest BCUT2D eigenvalue weighted by Crippen LogP contribution is -2.59. The Kier molecular flexibility index (Phi) is 6.00. The quantitative estimate of drug-likeness (QED) is 0.411. The molecule has 10 atom stereocenters. The Morgan fingerprint density at radius 3 is 2.17 bits per heavy atom. The summed E-state index contributed by atoms with van der Waals surface area (Å²) in [6.45, 7) is 15.2. The van der Waals surface area contributed by atoms with E-state index >= 15 is 0 Å². The van der Waals surface area contributed by atoms with Gasteiger partial charge in [-0.2, -0.15) is 0 Å². The van der Waals surface area contributed by atoms with Crippen molar-refractivity contribution in [2.75, 3.05) is 0 Å². The number of allylic oxidation sites excluding steroid dienone is 2. The van der Waals surface area contributed by atoms with Gasteiger partial charge in [-0.15, -0.1) is 0 Å². The summed E-state index contributed by atoms with van der Waals surface area (Å²) >= 11 is 0. The second kappa shape index (κ2) is 8.02. The van der Waals surface area contributed by atoms with Crippen LogP contribution in [0.15, 0.2) is 11.1 Å². The molecule has 5 rings (SSSR count). The molecule has 3 fully saturated rings. The minimum atomic E-state index is -0.940. The number of rotatable bonds is 2. The van der Waals surface area contributed by atoms with E-state index < -0.39 is 24.1 Å². The fraction of sp³-hybridized carbons (Fsp3) is 0.933. The van der Waals surface area contributed by atoms with E-state index in [0.717, 1.165) is 51.4 Å². The zero-order chi connectivity index (χ0) is 25.8. The van der Waals surface area contributed by atoms with Gasteiger partial charge in [-0.1, -0.05) is 45.8 Å². The monoisotopic (exact) mass is 490 g/mol. The van der Waals surface area contributed by atoms with Crippen molar-refractivity contribution in [2.45, 2.75) is 136 Å². The minimum absolute atomic E-state index is 0.0639. The van der Waals surface area contributed by atoms with E-state index in [1.54, 1.807) is 25.0 Å². The molecule has 0 spiro atoms. The third kappa shape index (κ3) is 3.51. The van der Waals surface area contributed by atoms with Crippen molar-refractivity contribution < 1.29 is 25.2 Å². The Hall–Kier alpha value is -0.460. The van der Waals surface area contributed by atoms with Gasteiger partial charge >= 0.3 is 0 Å². The first-order valence-electron chi connectivity index (χ1n) is 14.2. The predicted octanol–water partition coefficient (Wildman–Crippen LogP) is 4.95. The molecule has 4 N–H and O–H groups in total. The molecule has 0 aromatic carbocycles. The summed E-state index contributed by atoms with van der Waals surface area (Å²) in [6.07, 6.45) is 6.44. The van der Waals surface area contributed by atoms with Crippen molar-refractivity contribution in [1.82, 2.24) is 0 Å². The molecule has 2 saturated carbocycles. The Bertz CT molecular complexity index is 888. The summed E-state index contributed by atoms with van der Waals surface area (Å²) in [5.74, 6) is 0.893. The van der Waals surface area contributed by atoms with Crippen LogP contribution in [0.5, 0.6) is 0 Å². The van der Waals surface area contributed by atoms with Crippen molar-refractivity contribution >= 4 is 0 Å². The van der Waals surface area contributed by atoms with Crippen LogP contribution in [0.25, 0.3) is 0 Å². The first kappa shape index (κ1) is 26.2. The Morgan fingerprint density at radius 1 is 0.857 bits per heavy atom. The van der Waals surface area contributed by atoms with Crippen LogP contribution in [0.3, 0.4) is 0 Å². The SMILES string of the molecule is CC(C)(O)[C@H]1CC[C@H]([C@H]2CC[C@@]3(C)C4=C(CC[C@]23C)[C@@]2(C)C[C@@H](O)[C@H](O)C(C)(C)C2CC4)C(O)O1. The van der Waals surface area contributed by atoms with E-state index in [-0.39, 0.29) is 33.7 Å². The maximum Gasteiger partial charge on any atom is 0.158 e. The highest BCUT2D eigenvalue weighted by Gasteiger charge is 2.65. The van der Waals surface area contributed by atoms with Gasteiger partial charge < -0.3 is 25.2 Å². The summed E-state index contributed by atoms with van der Waals surface area (Å²) in [5, 5.41) is 43.3. The zero-order valence-corrected chi connectivity index (χ0v) is 23.1. The molecule has 0 aromatic heterocycles. The summed E-state index contributed by atoms with van der Waals surface area (Å²) in [7, 11) is 0. The molecule has 1 heterocycles. The molecule has 5 aliphatic rings. The molecule has 4 aliphatic carbocycles. The first-order valence-corrected chi connectivity index (χ1v) is 14.2. The summed E-state index contributed by atoms with van der Waals surface area (Å²) in [5.41, 5.74) is 2.11. The van der Waals surface area contributed by atoms with E-state index in [0.29, 0.717) is 18.3 Å². The highest BCUT2D eigenvalue weighted by molar-refractivity contribution is 5.39. The van der Waals surface area contributed by atoms with Crippen LogP contribution in [0.4, 0.5) is 0 Å². The average Bonchev–Trinajstić information content (AvgIpc) is 3.03. The molecule has 0 bridgehead atoms. The average molecular weight is 491 g/mol. The lowest BCUT2D eigenvalue weighted by Gasteiger charge is -2.63. The maximum atomic E-state index is 11.1. The van der Waals surface area contributed by atoms with E-state index in [2.05, 4.69) is 34.6 Å². The van der Waals surface area contributed by atoms with Gasteiger partial charge in [0.2, 0.25) is 0 Å². The molecular formula is C30H50O5. The van der Waals surface area contributed by atoms with Gasteiger partial charge in [0.1, 0.15) is 0 Å². The van der Waals surface area contributed by atoms with Crippen LogP contribution in [0, 0.1) is 39.4 Å². The zero-order valence-electron chi connectivity index (χ0n) is 23.1. The molecule has 0 amide bonds. The van der Waals surface area contributed by atoms with Gasteiger partial charge in [0.15, 0.2) is 6.29 Å². The van der Waals surface area contributed by atoms with Crippen LogP contribution in [-0.4, -0.2) is 50.6 Å². The summed E-state index contributed by atoms with van der Waals surface area (Å²) < 4.78 is 6.01. The standard InChI is InChI=1S/C30H50O5/c1-26(2)22-10-9-20-19(28(22,5)16-21(31)24(26)32)13-15-29(6)18(12-14-30(20,29)7)17-8-11-23(27(3,4)34)35-25(17)33/h17-18,21-25,31-34H,8-16H2,1-7H3/t17-,18-,21-,22?,23-,24+,25?,28-,29-,30+/m1/s1. The van der Waals surface area contributed by atoms with E-state index in [1.165, 1.54) is 0 Å². The molecule has 1 saturated heterocycles. The Labute approximate surface area is 212 Å². The summed E-state index contributed by atoms with van der Waals surface area (Å²) in [4.78, 5) is 0. The van der Waals surface area contributed by atoms with Crippen LogP contribution in [-0.2, 0) is 4.74 Å². The van der Waals surface area contributed by atoms with E-state index in [9.17, 15) is 20.4 Å². The maximum absolute atomic E-state index is 11.1. The number of aliphatic hydroxyl groups is 4. The molecule has 2 unspecified atom stereocenters. The number of ether oxygens (including phenoxy) is 1. The van der Waals surface area contributed by atoms with Crippen molar-refractivity contribution in [3.8, 4) is 0 Å². The third-order valence-corrected chi connectivity index (χ3v) is 12.5. The van der Waals surface area contributed by atoms with Crippen LogP contribution in [0.1, 0.15) is 106 Å². The molecule has 35 heavy (non-hydrogen) atoms. The highest BCUT2D eigenvalue weighted by Crippen LogP contribution is 2.72. The van der Waals surface area contributed by atoms with Crippen molar-refractivity contribution in [2.24, 2.45) is 39.4 Å². The van der Waals surface area contributed by atoms with Gasteiger partial charge in [-0.05, 0) is 105 Å². The van der Waals surface area contributed by atoms with Gasteiger partial charge in [0.05, 0.1) is 23.9 Å². The second-order valence-corrected chi connectivity index (χ2v) is 14.8. The van der Waals surface area contributed by atoms with Gasteiger partial charge in [0, 0.05) is 5.92 Å². The fourth-order valence-corrected chi connectivity index (χ4v) is 10.3. The second-order valence-electron chi connectivity index (χ2n) is 14.8. The largest absolute Gasteiger partial charge is 0.390 e. The van der Waals surface area contributed by atoms with Gasteiger partial charge in [0.25, 0.3) is 0 Å². The van der Waals surface area contributed by atoms with Crippen LogP contribution in [0.2, 0.25) is 0 Å². The van der Waals surface area contributed by atoms with Crippen molar-refractivity contribution in [1.29, 1.82) is 0 Å². The number of hydrogen-bond acceptors (Lipinski definition) is 5. The lowest BCUT2D eigenvalue weighted by atomic mass is 9.43.